The van der Waals surface area contributed by atoms with Gasteiger partial charge >= 0.3 is 6.18 Å². The van der Waals surface area contributed by atoms with Gasteiger partial charge in [0.05, 0.1) is 10.6 Å². The standard InChI is InChI=1S/C15H18F3N5OS2/c1-9(10-4-5-10)22(8-15(16,17)18)12(24)7-26-14-21-20-13(23(14)19)11-3-2-6-25-11/h2-3,6,9-10H,4-5,7-8,19H2,1H3/t9-/m1/s1. The number of carbonyl (C=O) groups excluding carboxylic acids is 1. The fourth-order valence-electron chi connectivity index (χ4n) is 2.64. The molecule has 1 saturated carbocycles. The highest BCUT2D eigenvalue weighted by Gasteiger charge is 2.40. The summed E-state index contributed by atoms with van der Waals surface area (Å²) in [6, 6.07) is 3.25. The Hall–Kier alpha value is -1.75. The van der Waals surface area contributed by atoms with Gasteiger partial charge in [-0.2, -0.15) is 13.2 Å². The molecule has 1 aliphatic rings. The minimum absolute atomic E-state index is 0.148. The third-order valence-corrected chi connectivity index (χ3v) is 5.99. The number of thiophene rings is 1. The molecule has 1 aliphatic carbocycles. The highest BCUT2D eigenvalue weighted by Crippen LogP contribution is 2.36. The summed E-state index contributed by atoms with van der Waals surface area (Å²) < 4.78 is 39.8. The molecule has 0 saturated heterocycles. The Morgan fingerprint density at radius 3 is 2.81 bits per heavy atom. The van der Waals surface area contributed by atoms with Crippen LogP contribution in [0.4, 0.5) is 13.2 Å². The molecule has 26 heavy (non-hydrogen) atoms. The van der Waals surface area contributed by atoms with E-state index < -0.39 is 24.7 Å². The zero-order valence-corrected chi connectivity index (χ0v) is 15.6. The summed E-state index contributed by atoms with van der Waals surface area (Å²) in [5.41, 5.74) is 0. The number of halogens is 3. The number of hydrogen-bond donors (Lipinski definition) is 1. The lowest BCUT2D eigenvalue weighted by atomic mass is 10.2. The van der Waals surface area contributed by atoms with E-state index in [-0.39, 0.29) is 16.8 Å². The normalized spacial score (nSPS) is 15.8. The van der Waals surface area contributed by atoms with Crippen LogP contribution in [0.3, 0.4) is 0 Å². The largest absolute Gasteiger partial charge is 0.406 e. The molecular formula is C15H18F3N5OS2. The Kier molecular flexibility index (Phi) is 5.47. The predicted molar refractivity (Wildman–Crippen MR) is 94.2 cm³/mol. The van der Waals surface area contributed by atoms with Gasteiger partial charge in [0.25, 0.3) is 0 Å². The number of nitrogens with two attached hydrogens (primary N) is 1. The van der Waals surface area contributed by atoms with E-state index in [1.165, 1.54) is 16.0 Å². The fourth-order valence-corrected chi connectivity index (χ4v) is 4.09. The molecule has 3 rings (SSSR count). The summed E-state index contributed by atoms with van der Waals surface area (Å²) in [4.78, 5) is 14.2. The van der Waals surface area contributed by atoms with E-state index in [0.717, 1.165) is 34.4 Å². The molecule has 2 aromatic rings. The molecule has 6 nitrogen and oxygen atoms in total. The van der Waals surface area contributed by atoms with E-state index in [2.05, 4.69) is 10.2 Å². The van der Waals surface area contributed by atoms with E-state index >= 15 is 0 Å². The van der Waals surface area contributed by atoms with Gasteiger partial charge < -0.3 is 10.7 Å². The Labute approximate surface area is 156 Å². The van der Waals surface area contributed by atoms with Gasteiger partial charge in [0.2, 0.25) is 11.1 Å². The summed E-state index contributed by atoms with van der Waals surface area (Å²) in [5.74, 6) is 5.80. The Morgan fingerprint density at radius 1 is 1.50 bits per heavy atom. The lowest BCUT2D eigenvalue weighted by Gasteiger charge is -2.30. The first kappa shape index (κ1) is 19.0. The number of nitrogen functional groups attached to an aromatic ring is 1. The van der Waals surface area contributed by atoms with Gasteiger partial charge in [0.1, 0.15) is 6.54 Å². The van der Waals surface area contributed by atoms with Gasteiger partial charge in [-0.25, -0.2) is 4.68 Å². The van der Waals surface area contributed by atoms with Crippen LogP contribution in [0.2, 0.25) is 0 Å². The molecule has 0 aromatic carbocycles. The van der Waals surface area contributed by atoms with Crippen molar-refractivity contribution >= 4 is 29.0 Å². The molecule has 1 atom stereocenters. The van der Waals surface area contributed by atoms with Crippen molar-refractivity contribution in [2.45, 2.75) is 37.1 Å². The van der Waals surface area contributed by atoms with Crippen molar-refractivity contribution in [2.75, 3.05) is 18.1 Å². The molecule has 2 heterocycles. The molecule has 11 heteroatoms. The van der Waals surface area contributed by atoms with E-state index in [4.69, 9.17) is 5.84 Å². The van der Waals surface area contributed by atoms with Crippen molar-refractivity contribution in [2.24, 2.45) is 5.92 Å². The van der Waals surface area contributed by atoms with Gasteiger partial charge in [-0.05, 0) is 37.1 Å². The van der Waals surface area contributed by atoms with Crippen LogP contribution in [0, 0.1) is 5.92 Å². The van der Waals surface area contributed by atoms with Crippen LogP contribution in [0.15, 0.2) is 22.7 Å². The number of nitrogens with zero attached hydrogens (tertiary/aromatic N) is 4. The third-order valence-electron chi connectivity index (χ3n) is 4.20. The number of alkyl halides is 3. The fraction of sp³-hybridized carbons (Fsp3) is 0.533. The summed E-state index contributed by atoms with van der Waals surface area (Å²) in [6.07, 6.45) is -2.71. The van der Waals surface area contributed by atoms with Crippen LogP contribution in [0.1, 0.15) is 19.8 Å². The van der Waals surface area contributed by atoms with E-state index in [9.17, 15) is 18.0 Å². The smallest absolute Gasteiger partial charge is 0.335 e. The molecule has 2 N–H and O–H groups in total. The van der Waals surface area contributed by atoms with E-state index in [0.29, 0.717) is 5.82 Å². The van der Waals surface area contributed by atoms with E-state index in [1.54, 1.807) is 6.92 Å². The Balaban J connectivity index is 1.66. The van der Waals surface area contributed by atoms with Crippen molar-refractivity contribution in [3.63, 3.8) is 0 Å². The van der Waals surface area contributed by atoms with Crippen molar-refractivity contribution in [1.29, 1.82) is 0 Å². The topological polar surface area (TPSA) is 77.0 Å². The van der Waals surface area contributed by atoms with Crippen LogP contribution < -0.4 is 5.84 Å². The quantitative estimate of drug-likeness (QED) is 0.566. The zero-order valence-electron chi connectivity index (χ0n) is 13.9. The zero-order chi connectivity index (χ0) is 18.9. The monoisotopic (exact) mass is 405 g/mol. The first-order valence-electron chi connectivity index (χ1n) is 7.99. The summed E-state index contributed by atoms with van der Waals surface area (Å²) in [5, 5.41) is 10.1. The molecule has 0 spiro atoms. The average molecular weight is 405 g/mol. The third kappa shape index (κ3) is 4.50. The molecule has 0 radical (unpaired) electrons. The Morgan fingerprint density at radius 2 is 2.23 bits per heavy atom. The number of aromatic nitrogens is 3. The maximum absolute atomic E-state index is 12.9. The van der Waals surface area contributed by atoms with Gasteiger partial charge in [-0.3, -0.25) is 4.79 Å². The second-order valence-electron chi connectivity index (χ2n) is 6.16. The first-order chi connectivity index (χ1) is 12.3. The number of hydrogen-bond acceptors (Lipinski definition) is 6. The lowest BCUT2D eigenvalue weighted by molar-refractivity contribution is -0.164. The minimum atomic E-state index is -4.43. The highest BCUT2D eigenvalue weighted by atomic mass is 32.2. The summed E-state index contributed by atoms with van der Waals surface area (Å²) in [6.45, 7) is 0.437. The first-order valence-corrected chi connectivity index (χ1v) is 9.86. The van der Waals surface area contributed by atoms with Crippen LogP contribution >= 0.6 is 23.1 Å². The van der Waals surface area contributed by atoms with Crippen LogP contribution in [-0.2, 0) is 4.79 Å². The maximum atomic E-state index is 12.9. The molecule has 142 valence electrons. The van der Waals surface area contributed by atoms with Crippen LogP contribution in [0.5, 0.6) is 0 Å². The second-order valence-corrected chi connectivity index (χ2v) is 8.05. The second kappa shape index (κ2) is 7.47. The van der Waals surface area contributed by atoms with Gasteiger partial charge in [0.15, 0.2) is 5.82 Å². The SMILES string of the molecule is C[C@H](C1CC1)N(CC(F)(F)F)C(=O)CSc1nnc(-c2cccs2)n1N. The van der Waals surface area contributed by atoms with Crippen LogP contribution in [0.25, 0.3) is 10.7 Å². The molecule has 2 aromatic heterocycles. The van der Waals surface area contributed by atoms with Crippen molar-refractivity contribution in [1.82, 2.24) is 19.8 Å². The number of amides is 1. The number of carbonyl (C=O) groups is 1. The Bertz CT molecular complexity index is 758. The maximum Gasteiger partial charge on any atom is 0.406 e. The average Bonchev–Trinajstić information content (AvgIpc) is 3.16. The lowest BCUT2D eigenvalue weighted by Crippen LogP contribution is -2.46. The molecular weight excluding hydrogens is 387 g/mol. The van der Waals surface area contributed by atoms with Crippen molar-refractivity contribution in [3.05, 3.63) is 17.5 Å². The van der Waals surface area contributed by atoms with E-state index in [1.807, 2.05) is 17.5 Å². The highest BCUT2D eigenvalue weighted by molar-refractivity contribution is 7.99. The molecule has 0 aliphatic heterocycles. The predicted octanol–water partition coefficient (Wildman–Crippen LogP) is 3.00. The van der Waals surface area contributed by atoms with Gasteiger partial charge in [-0.1, -0.05) is 17.8 Å². The minimum Gasteiger partial charge on any atom is -0.335 e. The van der Waals surface area contributed by atoms with Crippen molar-refractivity contribution in [3.8, 4) is 10.7 Å². The summed E-state index contributed by atoms with van der Waals surface area (Å²) >= 11 is 2.43. The number of thioether (sulfide) groups is 1. The molecule has 1 fully saturated rings. The van der Waals surface area contributed by atoms with Gasteiger partial charge in [-0.15, -0.1) is 21.5 Å². The van der Waals surface area contributed by atoms with Crippen molar-refractivity contribution < 1.29 is 18.0 Å². The van der Waals surface area contributed by atoms with Crippen LogP contribution in [-0.4, -0.2) is 50.2 Å². The molecule has 1 amide bonds. The van der Waals surface area contributed by atoms with Gasteiger partial charge in [0, 0.05) is 6.04 Å². The molecule has 0 bridgehead atoms. The molecule has 0 unspecified atom stereocenters. The number of rotatable bonds is 7. The summed E-state index contributed by atoms with van der Waals surface area (Å²) in [7, 11) is 0.